The average Bonchev–Trinajstić information content (AvgIpc) is 2.53. The monoisotopic (exact) mass is 336 g/mol. The van der Waals surface area contributed by atoms with Crippen LogP contribution in [0.4, 0.5) is 0 Å². The van der Waals surface area contributed by atoms with E-state index < -0.39 is 10.0 Å². The molecule has 1 amide bonds. The number of allylic oxidation sites excluding steroid dienone is 1. The van der Waals surface area contributed by atoms with Crippen LogP contribution in [0.1, 0.15) is 18.9 Å². The van der Waals surface area contributed by atoms with Gasteiger partial charge in [0.1, 0.15) is 0 Å². The fraction of sp³-hybridized carbons (Fsp3) is 0.471. The lowest BCUT2D eigenvalue weighted by atomic mass is 10.1. The van der Waals surface area contributed by atoms with Crippen LogP contribution in [0.2, 0.25) is 0 Å². The molecule has 1 heterocycles. The summed E-state index contributed by atoms with van der Waals surface area (Å²) in [4.78, 5) is 14.0. The highest BCUT2D eigenvalue weighted by molar-refractivity contribution is 7.88. The minimum atomic E-state index is -3.16. The van der Waals surface area contributed by atoms with Gasteiger partial charge >= 0.3 is 0 Å². The first-order valence-corrected chi connectivity index (χ1v) is 9.66. The Hall–Kier alpha value is -1.66. The van der Waals surface area contributed by atoms with Crippen LogP contribution >= 0.6 is 0 Å². The van der Waals surface area contributed by atoms with Crippen molar-refractivity contribution in [3.63, 3.8) is 0 Å². The fourth-order valence-electron chi connectivity index (χ4n) is 2.60. The van der Waals surface area contributed by atoms with Gasteiger partial charge in [0.2, 0.25) is 15.9 Å². The number of rotatable bonds is 5. The SMILES string of the molecule is CC(=CC(=O)N1CCN(S(C)(=O)=O)CC1)CCc1ccccc1. The summed E-state index contributed by atoms with van der Waals surface area (Å²) in [6, 6.07) is 10.2. The number of nitrogens with zero attached hydrogens (tertiary/aromatic N) is 2. The summed E-state index contributed by atoms with van der Waals surface area (Å²) in [6.07, 6.45) is 4.65. The molecule has 0 unspecified atom stereocenters. The van der Waals surface area contributed by atoms with E-state index in [1.165, 1.54) is 16.1 Å². The molecule has 126 valence electrons. The number of aryl methyl sites for hydroxylation is 1. The quantitative estimate of drug-likeness (QED) is 0.769. The van der Waals surface area contributed by atoms with Crippen LogP contribution in [0.15, 0.2) is 42.0 Å². The van der Waals surface area contributed by atoms with Gasteiger partial charge in [-0.1, -0.05) is 35.9 Å². The summed E-state index contributed by atoms with van der Waals surface area (Å²) < 4.78 is 24.4. The van der Waals surface area contributed by atoms with Crippen LogP contribution in [0, 0.1) is 0 Å². The van der Waals surface area contributed by atoms with E-state index >= 15 is 0 Å². The molecule has 0 aromatic heterocycles. The zero-order chi connectivity index (χ0) is 16.9. The van der Waals surface area contributed by atoms with Crippen LogP contribution in [-0.2, 0) is 21.2 Å². The molecule has 0 spiro atoms. The first kappa shape index (κ1) is 17.7. The summed E-state index contributed by atoms with van der Waals surface area (Å²) in [5.41, 5.74) is 2.30. The molecule has 1 saturated heterocycles. The van der Waals surface area contributed by atoms with Gasteiger partial charge in [0.15, 0.2) is 0 Å². The fourth-order valence-corrected chi connectivity index (χ4v) is 3.43. The van der Waals surface area contributed by atoms with E-state index in [9.17, 15) is 13.2 Å². The molecule has 0 bridgehead atoms. The second-order valence-corrected chi connectivity index (χ2v) is 7.95. The zero-order valence-electron chi connectivity index (χ0n) is 13.7. The van der Waals surface area contributed by atoms with Gasteiger partial charge in [-0.2, -0.15) is 4.31 Å². The Balaban J connectivity index is 1.84. The van der Waals surface area contributed by atoms with E-state index in [1.807, 2.05) is 25.1 Å². The predicted molar refractivity (Wildman–Crippen MR) is 91.5 cm³/mol. The van der Waals surface area contributed by atoms with Crippen LogP contribution in [0.3, 0.4) is 0 Å². The van der Waals surface area contributed by atoms with Crippen molar-refractivity contribution < 1.29 is 13.2 Å². The maximum absolute atomic E-state index is 12.3. The lowest BCUT2D eigenvalue weighted by Crippen LogP contribution is -2.49. The topological polar surface area (TPSA) is 57.7 Å². The first-order chi connectivity index (χ1) is 10.9. The molecule has 1 aliphatic rings. The highest BCUT2D eigenvalue weighted by atomic mass is 32.2. The van der Waals surface area contributed by atoms with Crippen LogP contribution in [-0.4, -0.2) is 56.0 Å². The highest BCUT2D eigenvalue weighted by Gasteiger charge is 2.25. The van der Waals surface area contributed by atoms with E-state index in [1.54, 1.807) is 11.0 Å². The van der Waals surface area contributed by atoms with E-state index in [-0.39, 0.29) is 5.91 Å². The molecule has 0 radical (unpaired) electrons. The van der Waals surface area contributed by atoms with Crippen molar-refractivity contribution in [2.45, 2.75) is 19.8 Å². The summed E-state index contributed by atoms with van der Waals surface area (Å²) >= 11 is 0. The van der Waals surface area contributed by atoms with Crippen molar-refractivity contribution in [1.82, 2.24) is 9.21 Å². The predicted octanol–water partition coefficient (Wildman–Crippen LogP) is 1.67. The van der Waals surface area contributed by atoms with Crippen LogP contribution < -0.4 is 0 Å². The minimum absolute atomic E-state index is 0.0243. The van der Waals surface area contributed by atoms with Crippen LogP contribution in [0.25, 0.3) is 0 Å². The van der Waals surface area contributed by atoms with Crippen molar-refractivity contribution in [2.24, 2.45) is 0 Å². The minimum Gasteiger partial charge on any atom is -0.337 e. The lowest BCUT2D eigenvalue weighted by Gasteiger charge is -2.32. The third-order valence-corrected chi connectivity index (χ3v) is 5.34. The molecule has 0 atom stereocenters. The average molecular weight is 336 g/mol. The smallest absolute Gasteiger partial charge is 0.246 e. The molecule has 1 fully saturated rings. The molecule has 0 aliphatic carbocycles. The van der Waals surface area contributed by atoms with Gasteiger partial charge in [0, 0.05) is 32.3 Å². The molecule has 2 rings (SSSR count). The third kappa shape index (κ3) is 5.48. The molecule has 1 aliphatic heterocycles. The van der Waals surface area contributed by atoms with E-state index in [4.69, 9.17) is 0 Å². The number of hydrogen-bond donors (Lipinski definition) is 0. The van der Waals surface area contributed by atoms with Gasteiger partial charge in [-0.05, 0) is 25.3 Å². The van der Waals surface area contributed by atoms with Crippen molar-refractivity contribution in [1.29, 1.82) is 0 Å². The second-order valence-electron chi connectivity index (χ2n) is 5.96. The third-order valence-electron chi connectivity index (χ3n) is 4.04. The molecule has 0 saturated carbocycles. The number of benzene rings is 1. The standard InChI is InChI=1S/C17H24N2O3S/c1-15(8-9-16-6-4-3-5-7-16)14-17(20)18-10-12-19(13-11-18)23(2,21)22/h3-7,14H,8-13H2,1-2H3. The Morgan fingerprint density at radius 2 is 1.74 bits per heavy atom. The largest absolute Gasteiger partial charge is 0.337 e. The zero-order valence-corrected chi connectivity index (χ0v) is 14.6. The van der Waals surface area contributed by atoms with Gasteiger partial charge in [-0.15, -0.1) is 0 Å². The Labute approximate surface area is 138 Å². The molecule has 0 N–H and O–H groups in total. The number of hydrogen-bond acceptors (Lipinski definition) is 3. The Bertz CT molecular complexity index is 660. The number of sulfonamides is 1. The highest BCUT2D eigenvalue weighted by Crippen LogP contribution is 2.11. The Morgan fingerprint density at radius 3 is 2.30 bits per heavy atom. The van der Waals surface area contributed by atoms with Crippen molar-refractivity contribution in [3.8, 4) is 0 Å². The summed E-state index contributed by atoms with van der Waals surface area (Å²) in [7, 11) is -3.16. The number of carbonyl (C=O) groups is 1. The summed E-state index contributed by atoms with van der Waals surface area (Å²) in [5, 5.41) is 0. The normalized spacial score (nSPS) is 17.3. The summed E-state index contributed by atoms with van der Waals surface area (Å²) in [6.45, 7) is 3.62. The number of carbonyl (C=O) groups excluding carboxylic acids is 1. The van der Waals surface area contributed by atoms with E-state index in [2.05, 4.69) is 12.1 Å². The van der Waals surface area contributed by atoms with E-state index in [0.29, 0.717) is 26.2 Å². The first-order valence-electron chi connectivity index (χ1n) is 7.81. The van der Waals surface area contributed by atoms with Gasteiger partial charge in [0.05, 0.1) is 6.26 Å². The van der Waals surface area contributed by atoms with Gasteiger partial charge < -0.3 is 4.90 Å². The van der Waals surface area contributed by atoms with Gasteiger partial charge in [0.25, 0.3) is 0 Å². The van der Waals surface area contributed by atoms with Crippen molar-refractivity contribution in [3.05, 3.63) is 47.5 Å². The summed E-state index contributed by atoms with van der Waals surface area (Å²) in [5.74, 6) is -0.0243. The Kier molecular flexibility index (Phi) is 5.96. The molecule has 6 heteroatoms. The lowest BCUT2D eigenvalue weighted by molar-refractivity contribution is -0.127. The number of amides is 1. The Morgan fingerprint density at radius 1 is 1.13 bits per heavy atom. The molecular weight excluding hydrogens is 312 g/mol. The molecule has 1 aromatic carbocycles. The van der Waals surface area contributed by atoms with Crippen molar-refractivity contribution in [2.75, 3.05) is 32.4 Å². The molecule has 23 heavy (non-hydrogen) atoms. The van der Waals surface area contributed by atoms with Crippen molar-refractivity contribution >= 4 is 15.9 Å². The maximum Gasteiger partial charge on any atom is 0.246 e. The molecule has 5 nitrogen and oxygen atoms in total. The molecule has 1 aromatic rings. The van der Waals surface area contributed by atoms with Gasteiger partial charge in [-0.25, -0.2) is 8.42 Å². The molecular formula is C17H24N2O3S. The van der Waals surface area contributed by atoms with Crippen LogP contribution in [0.5, 0.6) is 0 Å². The maximum atomic E-state index is 12.3. The van der Waals surface area contributed by atoms with E-state index in [0.717, 1.165) is 18.4 Å². The number of piperazine rings is 1. The van der Waals surface area contributed by atoms with Gasteiger partial charge in [-0.3, -0.25) is 4.79 Å². The second kappa shape index (κ2) is 7.75.